The number of rotatable bonds is 7. The molecule has 1 aromatic rings. The lowest BCUT2D eigenvalue weighted by molar-refractivity contribution is 0.367. The number of halogens is 1. The highest BCUT2D eigenvalue weighted by molar-refractivity contribution is 9.10. The van der Waals surface area contributed by atoms with Crippen LogP contribution in [0.5, 0.6) is 0 Å². The molecule has 1 N–H and O–H groups in total. The van der Waals surface area contributed by atoms with Gasteiger partial charge in [0.25, 0.3) is 5.56 Å². The molecule has 0 bridgehead atoms. The van der Waals surface area contributed by atoms with Crippen molar-refractivity contribution in [2.24, 2.45) is 0 Å². The van der Waals surface area contributed by atoms with Crippen molar-refractivity contribution in [3.8, 4) is 0 Å². The Balaban J connectivity index is 2.88. The van der Waals surface area contributed by atoms with E-state index in [9.17, 15) is 4.79 Å². The number of likely N-dealkylation sites (N-methyl/N-ethyl adjacent to an activating group) is 1. The summed E-state index contributed by atoms with van der Waals surface area (Å²) in [5.41, 5.74) is 0.692. The van der Waals surface area contributed by atoms with Crippen molar-refractivity contribution in [1.82, 2.24) is 14.7 Å². The Morgan fingerprint density at radius 1 is 1.42 bits per heavy atom. The first kappa shape index (κ1) is 16.2. The molecule has 0 unspecified atom stereocenters. The molecule has 1 aromatic heterocycles. The Morgan fingerprint density at radius 2 is 2.05 bits per heavy atom. The highest BCUT2D eigenvalue weighted by Crippen LogP contribution is 2.18. The molecule has 0 aliphatic heterocycles. The third-order valence-electron chi connectivity index (χ3n) is 3.09. The molecular formula is C13H23BrN4O. The molecular weight excluding hydrogens is 308 g/mol. The van der Waals surface area contributed by atoms with Gasteiger partial charge in [-0.25, -0.2) is 4.68 Å². The fourth-order valence-corrected chi connectivity index (χ4v) is 2.15. The molecule has 0 saturated heterocycles. The van der Waals surface area contributed by atoms with Crippen LogP contribution in [0, 0.1) is 0 Å². The van der Waals surface area contributed by atoms with Crippen LogP contribution in [0.1, 0.15) is 26.7 Å². The van der Waals surface area contributed by atoms with Crippen molar-refractivity contribution in [1.29, 1.82) is 0 Å². The summed E-state index contributed by atoms with van der Waals surface area (Å²) < 4.78 is 2.05. The Labute approximate surface area is 123 Å². The normalized spacial score (nSPS) is 11.3. The van der Waals surface area contributed by atoms with E-state index in [1.807, 2.05) is 19.0 Å². The second-order valence-corrected chi connectivity index (χ2v) is 5.65. The first-order valence-corrected chi connectivity index (χ1v) is 7.45. The second kappa shape index (κ2) is 7.65. The van der Waals surface area contributed by atoms with E-state index in [0.717, 1.165) is 25.1 Å². The molecule has 0 spiro atoms. The fourth-order valence-electron chi connectivity index (χ4n) is 1.73. The van der Waals surface area contributed by atoms with Crippen LogP contribution in [-0.2, 0) is 6.54 Å². The Bertz CT molecular complexity index is 454. The molecule has 0 fully saturated rings. The van der Waals surface area contributed by atoms with E-state index >= 15 is 0 Å². The summed E-state index contributed by atoms with van der Waals surface area (Å²) in [6, 6.07) is 0.370. The van der Waals surface area contributed by atoms with Gasteiger partial charge in [-0.15, -0.1) is 0 Å². The van der Waals surface area contributed by atoms with Crippen LogP contribution in [-0.4, -0.2) is 41.4 Å². The van der Waals surface area contributed by atoms with E-state index in [1.54, 1.807) is 6.20 Å². The maximum Gasteiger partial charge on any atom is 0.283 e. The number of aromatic nitrogens is 2. The molecule has 0 aromatic carbocycles. The maximum atomic E-state index is 12.2. The van der Waals surface area contributed by atoms with Crippen LogP contribution in [0.3, 0.4) is 0 Å². The summed E-state index contributed by atoms with van der Waals surface area (Å²) in [5.74, 6) is 0. The smallest absolute Gasteiger partial charge is 0.283 e. The molecule has 0 aliphatic rings. The topological polar surface area (TPSA) is 50.2 Å². The predicted octanol–water partition coefficient (Wildman–Crippen LogP) is 2.17. The number of nitrogens with zero attached hydrogens (tertiary/aromatic N) is 3. The van der Waals surface area contributed by atoms with Crippen LogP contribution in [0.2, 0.25) is 0 Å². The molecule has 1 rings (SSSR count). The standard InChI is InChI=1S/C13H23BrN4O/c1-5-10(6-2)16-11-9-15-18(8-7-17(3)4)13(19)12(11)14/h9-10,16H,5-8H2,1-4H3. The van der Waals surface area contributed by atoms with Gasteiger partial charge >= 0.3 is 0 Å². The lowest BCUT2D eigenvalue weighted by Crippen LogP contribution is -2.30. The van der Waals surface area contributed by atoms with Crippen LogP contribution in [0.15, 0.2) is 15.5 Å². The lowest BCUT2D eigenvalue weighted by atomic mass is 10.1. The Morgan fingerprint density at radius 3 is 2.58 bits per heavy atom. The zero-order valence-electron chi connectivity index (χ0n) is 12.1. The number of hydrogen-bond donors (Lipinski definition) is 1. The van der Waals surface area contributed by atoms with Gasteiger partial charge in [-0.2, -0.15) is 5.10 Å². The largest absolute Gasteiger partial charge is 0.380 e. The molecule has 108 valence electrons. The molecule has 0 aliphatic carbocycles. The Kier molecular flexibility index (Phi) is 6.51. The van der Waals surface area contributed by atoms with Gasteiger partial charge in [0.05, 0.1) is 18.4 Å². The first-order chi connectivity index (χ1) is 8.99. The fraction of sp³-hybridized carbons (Fsp3) is 0.692. The molecule has 1 heterocycles. The van der Waals surface area contributed by atoms with Crippen LogP contribution < -0.4 is 10.9 Å². The minimum absolute atomic E-state index is 0.0854. The average Bonchev–Trinajstić information content (AvgIpc) is 2.39. The van der Waals surface area contributed by atoms with Crippen LogP contribution in [0.4, 0.5) is 5.69 Å². The van der Waals surface area contributed by atoms with Gasteiger partial charge in [0, 0.05) is 12.6 Å². The van der Waals surface area contributed by atoms with E-state index in [0.29, 0.717) is 17.1 Å². The minimum atomic E-state index is -0.0854. The number of hydrogen-bond acceptors (Lipinski definition) is 4. The van der Waals surface area contributed by atoms with Crippen molar-refractivity contribution < 1.29 is 0 Å². The van der Waals surface area contributed by atoms with Gasteiger partial charge in [0.2, 0.25) is 0 Å². The van der Waals surface area contributed by atoms with Crippen molar-refractivity contribution in [2.45, 2.75) is 39.3 Å². The maximum absolute atomic E-state index is 12.2. The van der Waals surface area contributed by atoms with Gasteiger partial charge in [-0.1, -0.05) is 13.8 Å². The zero-order valence-corrected chi connectivity index (χ0v) is 13.7. The molecule has 0 saturated carbocycles. The second-order valence-electron chi connectivity index (χ2n) is 4.86. The average molecular weight is 331 g/mol. The number of anilines is 1. The summed E-state index contributed by atoms with van der Waals surface area (Å²) in [4.78, 5) is 14.2. The summed E-state index contributed by atoms with van der Waals surface area (Å²) in [5, 5.41) is 7.56. The van der Waals surface area contributed by atoms with Crippen molar-refractivity contribution in [3.63, 3.8) is 0 Å². The SMILES string of the molecule is CCC(CC)Nc1cnn(CCN(C)C)c(=O)c1Br. The van der Waals surface area contributed by atoms with Gasteiger partial charge < -0.3 is 10.2 Å². The zero-order chi connectivity index (χ0) is 14.4. The molecule has 19 heavy (non-hydrogen) atoms. The third kappa shape index (κ3) is 4.62. The molecule has 0 radical (unpaired) electrons. The van der Waals surface area contributed by atoms with E-state index in [2.05, 4.69) is 40.2 Å². The van der Waals surface area contributed by atoms with Crippen molar-refractivity contribution in [3.05, 3.63) is 21.0 Å². The first-order valence-electron chi connectivity index (χ1n) is 6.66. The molecule has 6 heteroatoms. The summed E-state index contributed by atoms with van der Waals surface area (Å²) >= 11 is 3.38. The lowest BCUT2D eigenvalue weighted by Gasteiger charge is -2.17. The highest BCUT2D eigenvalue weighted by Gasteiger charge is 2.11. The third-order valence-corrected chi connectivity index (χ3v) is 3.86. The van der Waals surface area contributed by atoms with Crippen molar-refractivity contribution in [2.75, 3.05) is 26.0 Å². The van der Waals surface area contributed by atoms with E-state index in [1.165, 1.54) is 4.68 Å². The van der Waals surface area contributed by atoms with Gasteiger partial charge in [-0.3, -0.25) is 4.79 Å². The molecule has 5 nitrogen and oxygen atoms in total. The minimum Gasteiger partial charge on any atom is -0.380 e. The van der Waals surface area contributed by atoms with E-state index in [4.69, 9.17) is 0 Å². The van der Waals surface area contributed by atoms with Gasteiger partial charge in [-0.05, 0) is 42.9 Å². The van der Waals surface area contributed by atoms with Gasteiger partial charge in [0.1, 0.15) is 4.47 Å². The molecule has 0 amide bonds. The predicted molar refractivity (Wildman–Crippen MR) is 82.7 cm³/mol. The summed E-state index contributed by atoms with van der Waals surface area (Å²) in [6.07, 6.45) is 3.76. The summed E-state index contributed by atoms with van der Waals surface area (Å²) in [6.45, 7) is 5.63. The number of nitrogens with one attached hydrogen (secondary N) is 1. The van der Waals surface area contributed by atoms with E-state index in [-0.39, 0.29) is 5.56 Å². The summed E-state index contributed by atoms with van der Waals surface area (Å²) in [7, 11) is 3.95. The Hall–Kier alpha value is -0.880. The van der Waals surface area contributed by atoms with E-state index < -0.39 is 0 Å². The van der Waals surface area contributed by atoms with Crippen LogP contribution in [0.25, 0.3) is 0 Å². The van der Waals surface area contributed by atoms with Gasteiger partial charge in [0.15, 0.2) is 0 Å². The monoisotopic (exact) mass is 330 g/mol. The van der Waals surface area contributed by atoms with Crippen LogP contribution >= 0.6 is 15.9 Å². The highest BCUT2D eigenvalue weighted by atomic mass is 79.9. The molecule has 0 atom stereocenters. The van der Waals surface area contributed by atoms with Crippen molar-refractivity contribution >= 4 is 21.6 Å². The quantitative estimate of drug-likeness (QED) is 0.832.